The van der Waals surface area contributed by atoms with Crippen LogP contribution in [0.1, 0.15) is 13.3 Å². The smallest absolute Gasteiger partial charge is 0.221 e. The van der Waals surface area contributed by atoms with Gasteiger partial charge in [0.1, 0.15) is 0 Å². The zero-order valence-electron chi connectivity index (χ0n) is 7.16. The highest BCUT2D eigenvalue weighted by Gasteiger charge is 2.28. The maximum atomic E-state index is 10.8. The lowest BCUT2D eigenvalue weighted by Gasteiger charge is -2.16. The van der Waals surface area contributed by atoms with Crippen molar-refractivity contribution in [1.82, 2.24) is 4.90 Å². The second-order valence-corrected chi connectivity index (χ2v) is 3.19. The van der Waals surface area contributed by atoms with Crippen LogP contribution in [-0.4, -0.2) is 29.9 Å². The molecule has 12 heavy (non-hydrogen) atoms. The molecular weight excluding hydrogens is 154 g/mol. The van der Waals surface area contributed by atoms with Gasteiger partial charge in [-0.2, -0.15) is 5.26 Å². The molecule has 0 aromatic rings. The fourth-order valence-electron chi connectivity index (χ4n) is 1.45. The molecule has 1 aliphatic heterocycles. The Morgan fingerprint density at radius 2 is 2.50 bits per heavy atom. The Bertz CT molecular complexity index is 221. The summed E-state index contributed by atoms with van der Waals surface area (Å²) in [5, 5.41) is 8.61. The molecule has 4 heteroatoms. The third-order valence-corrected chi connectivity index (χ3v) is 2.36. The Kier molecular flexibility index (Phi) is 2.66. The average Bonchev–Trinajstić information content (AvgIpc) is 2.51. The van der Waals surface area contributed by atoms with Crippen molar-refractivity contribution in [2.75, 3.05) is 13.1 Å². The third kappa shape index (κ3) is 1.74. The molecule has 1 heterocycles. The Morgan fingerprint density at radius 3 is 2.92 bits per heavy atom. The predicted molar refractivity (Wildman–Crippen MR) is 43.9 cm³/mol. The van der Waals surface area contributed by atoms with Gasteiger partial charge in [-0.15, -0.1) is 0 Å². The van der Waals surface area contributed by atoms with Gasteiger partial charge in [0.25, 0.3) is 0 Å². The monoisotopic (exact) mass is 167 g/mol. The first kappa shape index (κ1) is 9.01. The van der Waals surface area contributed by atoms with E-state index in [4.69, 9.17) is 11.0 Å². The molecule has 1 aliphatic rings. The number of likely N-dealkylation sites (tertiary alicyclic amines) is 1. The quantitative estimate of drug-likeness (QED) is 0.614. The number of hydrogen-bond acceptors (Lipinski definition) is 3. The first-order valence-electron chi connectivity index (χ1n) is 4.08. The summed E-state index contributed by atoms with van der Waals surface area (Å²) in [6.45, 7) is 3.29. The molecule has 0 aromatic heterocycles. The van der Waals surface area contributed by atoms with E-state index in [0.29, 0.717) is 6.54 Å². The summed E-state index contributed by atoms with van der Waals surface area (Å²) < 4.78 is 0. The lowest BCUT2D eigenvalue weighted by Crippen LogP contribution is -2.32. The molecule has 1 rings (SSSR count). The average molecular weight is 167 g/mol. The van der Waals surface area contributed by atoms with Crippen molar-refractivity contribution in [3.63, 3.8) is 0 Å². The number of carbonyl (C=O) groups excluding carboxylic acids is 1. The molecule has 66 valence electrons. The summed E-state index contributed by atoms with van der Waals surface area (Å²) in [4.78, 5) is 12.8. The topological polar surface area (TPSA) is 70.1 Å². The summed E-state index contributed by atoms with van der Waals surface area (Å²) >= 11 is 0. The van der Waals surface area contributed by atoms with Gasteiger partial charge in [-0.05, 0) is 13.3 Å². The van der Waals surface area contributed by atoms with Crippen LogP contribution in [0, 0.1) is 17.2 Å². The molecule has 0 spiro atoms. The van der Waals surface area contributed by atoms with Crippen LogP contribution in [0.4, 0.5) is 0 Å². The van der Waals surface area contributed by atoms with Crippen molar-refractivity contribution in [2.24, 2.45) is 11.7 Å². The van der Waals surface area contributed by atoms with Crippen molar-refractivity contribution >= 4 is 5.91 Å². The Morgan fingerprint density at radius 1 is 1.83 bits per heavy atom. The normalized spacial score (nSPS) is 26.5. The van der Waals surface area contributed by atoms with Gasteiger partial charge in [-0.25, -0.2) is 0 Å². The fraction of sp³-hybridized carbons (Fsp3) is 0.750. The maximum Gasteiger partial charge on any atom is 0.221 e. The van der Waals surface area contributed by atoms with Crippen LogP contribution in [-0.2, 0) is 4.79 Å². The van der Waals surface area contributed by atoms with Gasteiger partial charge in [0.05, 0.1) is 18.0 Å². The number of nitrogens with two attached hydrogens (primary N) is 1. The number of hydrogen-bond donors (Lipinski definition) is 1. The molecule has 0 radical (unpaired) electrons. The molecule has 1 saturated heterocycles. The highest BCUT2D eigenvalue weighted by atomic mass is 16.1. The van der Waals surface area contributed by atoms with Crippen LogP contribution >= 0.6 is 0 Å². The van der Waals surface area contributed by atoms with Gasteiger partial charge in [0.15, 0.2) is 0 Å². The Hall–Kier alpha value is -1.08. The van der Waals surface area contributed by atoms with Gasteiger partial charge < -0.3 is 5.73 Å². The van der Waals surface area contributed by atoms with Gasteiger partial charge >= 0.3 is 0 Å². The number of nitrogens with zero attached hydrogens (tertiary/aromatic N) is 2. The SMILES string of the molecule is CC(C#N)N1CCC(C(N)=O)C1. The molecule has 0 aliphatic carbocycles. The molecule has 4 nitrogen and oxygen atoms in total. The van der Waals surface area contributed by atoms with Crippen LogP contribution in [0.25, 0.3) is 0 Å². The third-order valence-electron chi connectivity index (χ3n) is 2.36. The number of primary amides is 1. The zero-order valence-corrected chi connectivity index (χ0v) is 7.16. The number of carbonyl (C=O) groups is 1. The van der Waals surface area contributed by atoms with Gasteiger partial charge in [0, 0.05) is 13.1 Å². The van der Waals surface area contributed by atoms with Crippen molar-refractivity contribution in [3.05, 3.63) is 0 Å². The lowest BCUT2D eigenvalue weighted by atomic mass is 10.1. The molecule has 2 N–H and O–H groups in total. The van der Waals surface area contributed by atoms with E-state index in [0.717, 1.165) is 13.0 Å². The summed E-state index contributed by atoms with van der Waals surface area (Å²) in [5.74, 6) is -0.302. The van der Waals surface area contributed by atoms with Gasteiger partial charge in [0.2, 0.25) is 5.91 Å². The minimum Gasteiger partial charge on any atom is -0.369 e. The second kappa shape index (κ2) is 3.55. The van der Waals surface area contributed by atoms with Crippen molar-refractivity contribution in [2.45, 2.75) is 19.4 Å². The zero-order chi connectivity index (χ0) is 9.14. The largest absolute Gasteiger partial charge is 0.369 e. The van der Waals surface area contributed by atoms with E-state index >= 15 is 0 Å². The summed E-state index contributed by atoms with van der Waals surface area (Å²) in [6, 6.07) is 2.04. The number of nitriles is 1. The van der Waals surface area contributed by atoms with Crippen molar-refractivity contribution in [1.29, 1.82) is 5.26 Å². The molecule has 1 fully saturated rings. The first-order chi connectivity index (χ1) is 5.65. The minimum absolute atomic E-state index is 0.0548. The fourth-order valence-corrected chi connectivity index (χ4v) is 1.45. The van der Waals surface area contributed by atoms with Gasteiger partial charge in [-0.3, -0.25) is 9.69 Å². The van der Waals surface area contributed by atoms with Crippen molar-refractivity contribution in [3.8, 4) is 6.07 Å². The highest BCUT2D eigenvalue weighted by molar-refractivity contribution is 5.77. The Balaban J connectivity index is 2.46. The molecule has 0 aromatic carbocycles. The summed E-state index contributed by atoms with van der Waals surface area (Å²) in [5.41, 5.74) is 5.15. The van der Waals surface area contributed by atoms with E-state index in [2.05, 4.69) is 6.07 Å². The van der Waals surface area contributed by atoms with Crippen LogP contribution in [0.15, 0.2) is 0 Å². The lowest BCUT2D eigenvalue weighted by molar-refractivity contribution is -0.121. The van der Waals surface area contributed by atoms with Crippen LogP contribution in [0.5, 0.6) is 0 Å². The molecular formula is C8H13N3O. The first-order valence-corrected chi connectivity index (χ1v) is 4.08. The van der Waals surface area contributed by atoms with E-state index in [1.807, 2.05) is 11.8 Å². The molecule has 2 unspecified atom stereocenters. The van der Waals surface area contributed by atoms with E-state index in [1.54, 1.807) is 0 Å². The van der Waals surface area contributed by atoms with E-state index < -0.39 is 0 Å². The summed E-state index contributed by atoms with van der Waals surface area (Å²) in [7, 11) is 0. The minimum atomic E-state index is -0.248. The second-order valence-electron chi connectivity index (χ2n) is 3.19. The van der Waals surface area contributed by atoms with Crippen LogP contribution in [0.3, 0.4) is 0 Å². The number of rotatable bonds is 2. The molecule has 0 saturated carbocycles. The highest BCUT2D eigenvalue weighted by Crippen LogP contribution is 2.17. The molecule has 2 atom stereocenters. The van der Waals surface area contributed by atoms with Crippen LogP contribution < -0.4 is 5.73 Å². The standard InChI is InChI=1S/C8H13N3O/c1-6(4-9)11-3-2-7(5-11)8(10)12/h6-7H,2-3,5H2,1H3,(H2,10,12). The van der Waals surface area contributed by atoms with E-state index in [9.17, 15) is 4.79 Å². The van der Waals surface area contributed by atoms with Gasteiger partial charge in [-0.1, -0.05) is 0 Å². The van der Waals surface area contributed by atoms with E-state index in [1.165, 1.54) is 0 Å². The molecule has 0 bridgehead atoms. The summed E-state index contributed by atoms with van der Waals surface area (Å²) in [6.07, 6.45) is 0.793. The Labute approximate surface area is 71.9 Å². The van der Waals surface area contributed by atoms with E-state index in [-0.39, 0.29) is 17.9 Å². The number of amides is 1. The van der Waals surface area contributed by atoms with Crippen molar-refractivity contribution < 1.29 is 4.79 Å². The predicted octanol–water partition coefficient (Wildman–Crippen LogP) is -0.294. The molecule has 1 amide bonds. The van der Waals surface area contributed by atoms with Crippen LogP contribution in [0.2, 0.25) is 0 Å². The maximum absolute atomic E-state index is 10.8.